The molecule has 12 heavy (non-hydrogen) atoms. The molecule has 1 aromatic carbocycles. The van der Waals surface area contributed by atoms with Gasteiger partial charge < -0.3 is 5.73 Å². The van der Waals surface area contributed by atoms with E-state index in [0.717, 1.165) is 10.9 Å². The lowest BCUT2D eigenvalue weighted by Gasteiger charge is -1.95. The summed E-state index contributed by atoms with van der Waals surface area (Å²) >= 11 is 3.47. The summed E-state index contributed by atoms with van der Waals surface area (Å²) in [5, 5.41) is 0. The summed E-state index contributed by atoms with van der Waals surface area (Å²) in [7, 11) is 0. The minimum atomic E-state index is 0.709. The molecule has 64 valence electrons. The lowest BCUT2D eigenvalue weighted by atomic mass is 10.2. The molecule has 0 aromatic heterocycles. The first-order valence-corrected chi connectivity index (χ1v) is 4.75. The number of halogens is 1. The first-order valence-electron chi connectivity index (χ1n) is 3.95. The molecule has 0 saturated carbocycles. The van der Waals surface area contributed by atoms with Crippen LogP contribution in [-0.4, -0.2) is 6.54 Å². The van der Waals surface area contributed by atoms with Gasteiger partial charge in [-0.15, -0.1) is 0 Å². The zero-order chi connectivity index (χ0) is 8.81. The molecule has 2 N–H and O–H groups in total. The zero-order valence-corrected chi connectivity index (χ0v) is 8.42. The van der Waals surface area contributed by atoms with Gasteiger partial charge in [0, 0.05) is 4.47 Å². The standard InChI is InChI=1S/C10H12BrN/c11-10-7-2-1-5-9(10)6-3-4-8-12/h1-3,5-7H,4,8,12H2/b6-3+. The molecule has 0 aliphatic carbocycles. The molecule has 0 spiro atoms. The molecule has 0 heterocycles. The first kappa shape index (κ1) is 9.49. The Morgan fingerprint density at radius 2 is 2.08 bits per heavy atom. The third-order valence-corrected chi connectivity index (χ3v) is 2.26. The molecule has 1 rings (SSSR count). The Labute approximate surface area is 81.4 Å². The Morgan fingerprint density at radius 1 is 1.33 bits per heavy atom. The second-order valence-electron chi connectivity index (χ2n) is 2.50. The van der Waals surface area contributed by atoms with Crippen molar-refractivity contribution >= 4 is 22.0 Å². The van der Waals surface area contributed by atoms with E-state index in [-0.39, 0.29) is 0 Å². The molecule has 0 amide bonds. The number of nitrogens with two attached hydrogens (primary N) is 1. The number of benzene rings is 1. The van der Waals surface area contributed by atoms with Gasteiger partial charge in [-0.05, 0) is 24.6 Å². The second-order valence-corrected chi connectivity index (χ2v) is 3.36. The van der Waals surface area contributed by atoms with Gasteiger partial charge in [0.25, 0.3) is 0 Å². The summed E-state index contributed by atoms with van der Waals surface area (Å²) in [6.07, 6.45) is 5.10. The van der Waals surface area contributed by atoms with Crippen LogP contribution in [0.2, 0.25) is 0 Å². The Bertz CT molecular complexity index is 268. The van der Waals surface area contributed by atoms with E-state index in [0.29, 0.717) is 6.54 Å². The quantitative estimate of drug-likeness (QED) is 0.842. The van der Waals surface area contributed by atoms with Crippen LogP contribution in [0.5, 0.6) is 0 Å². The van der Waals surface area contributed by atoms with Gasteiger partial charge in [0.15, 0.2) is 0 Å². The second kappa shape index (κ2) is 5.12. The summed E-state index contributed by atoms with van der Waals surface area (Å²) in [6.45, 7) is 0.709. The predicted octanol–water partition coefficient (Wildman–Crippen LogP) is 2.81. The zero-order valence-electron chi connectivity index (χ0n) is 6.83. The maximum atomic E-state index is 5.37. The van der Waals surface area contributed by atoms with Gasteiger partial charge >= 0.3 is 0 Å². The fourth-order valence-electron chi connectivity index (χ4n) is 0.917. The molecule has 0 aliphatic heterocycles. The fourth-order valence-corrected chi connectivity index (χ4v) is 1.33. The first-order chi connectivity index (χ1) is 5.84. The minimum absolute atomic E-state index is 0.709. The van der Waals surface area contributed by atoms with Gasteiger partial charge in [-0.1, -0.05) is 46.3 Å². The molecular formula is C10H12BrN. The number of rotatable bonds is 3. The maximum absolute atomic E-state index is 5.37. The van der Waals surface area contributed by atoms with Crippen molar-refractivity contribution in [2.75, 3.05) is 6.54 Å². The van der Waals surface area contributed by atoms with Crippen molar-refractivity contribution in [1.82, 2.24) is 0 Å². The minimum Gasteiger partial charge on any atom is -0.330 e. The van der Waals surface area contributed by atoms with Gasteiger partial charge in [-0.2, -0.15) is 0 Å². The molecule has 2 heteroatoms. The summed E-state index contributed by atoms with van der Waals surface area (Å²) in [6, 6.07) is 8.12. The van der Waals surface area contributed by atoms with E-state index < -0.39 is 0 Å². The molecule has 0 fully saturated rings. The van der Waals surface area contributed by atoms with Gasteiger partial charge in [-0.3, -0.25) is 0 Å². The third-order valence-electron chi connectivity index (χ3n) is 1.54. The average Bonchev–Trinajstić information content (AvgIpc) is 2.09. The van der Waals surface area contributed by atoms with E-state index >= 15 is 0 Å². The number of hydrogen-bond donors (Lipinski definition) is 1. The van der Waals surface area contributed by atoms with Crippen LogP contribution >= 0.6 is 15.9 Å². The van der Waals surface area contributed by atoms with Gasteiger partial charge in [0.2, 0.25) is 0 Å². The summed E-state index contributed by atoms with van der Waals surface area (Å²) in [4.78, 5) is 0. The van der Waals surface area contributed by atoms with Crippen molar-refractivity contribution in [2.45, 2.75) is 6.42 Å². The fraction of sp³-hybridized carbons (Fsp3) is 0.200. The smallest absolute Gasteiger partial charge is 0.0247 e. The molecule has 0 radical (unpaired) electrons. The van der Waals surface area contributed by atoms with Crippen LogP contribution in [0.3, 0.4) is 0 Å². The lowest BCUT2D eigenvalue weighted by molar-refractivity contribution is 1.01. The normalized spacial score (nSPS) is 10.8. The monoisotopic (exact) mass is 225 g/mol. The van der Waals surface area contributed by atoms with E-state index in [1.165, 1.54) is 5.56 Å². The van der Waals surface area contributed by atoms with E-state index in [4.69, 9.17) is 5.73 Å². The molecule has 0 saturated heterocycles. The van der Waals surface area contributed by atoms with E-state index in [2.05, 4.69) is 34.1 Å². The maximum Gasteiger partial charge on any atom is 0.0247 e. The van der Waals surface area contributed by atoms with Crippen LogP contribution in [0.15, 0.2) is 34.8 Å². The molecule has 0 atom stereocenters. The highest BCUT2D eigenvalue weighted by molar-refractivity contribution is 9.10. The van der Waals surface area contributed by atoms with Crippen molar-refractivity contribution in [3.63, 3.8) is 0 Å². The summed E-state index contributed by atoms with van der Waals surface area (Å²) in [5.41, 5.74) is 6.57. The highest BCUT2D eigenvalue weighted by Gasteiger charge is 1.90. The largest absolute Gasteiger partial charge is 0.330 e. The Balaban J connectivity index is 2.68. The van der Waals surface area contributed by atoms with Crippen LogP contribution in [0, 0.1) is 0 Å². The molecule has 0 aliphatic rings. The molecule has 1 aromatic rings. The summed E-state index contributed by atoms with van der Waals surface area (Å²) in [5.74, 6) is 0. The van der Waals surface area contributed by atoms with E-state index in [1.54, 1.807) is 0 Å². The molecular weight excluding hydrogens is 214 g/mol. The summed E-state index contributed by atoms with van der Waals surface area (Å²) < 4.78 is 1.12. The average molecular weight is 226 g/mol. The van der Waals surface area contributed by atoms with Gasteiger partial charge in [0.05, 0.1) is 0 Å². The Morgan fingerprint density at radius 3 is 2.75 bits per heavy atom. The van der Waals surface area contributed by atoms with Gasteiger partial charge in [0.1, 0.15) is 0 Å². The van der Waals surface area contributed by atoms with Gasteiger partial charge in [-0.25, -0.2) is 0 Å². The topological polar surface area (TPSA) is 26.0 Å². The molecule has 0 bridgehead atoms. The van der Waals surface area contributed by atoms with Crippen molar-refractivity contribution in [3.05, 3.63) is 40.4 Å². The van der Waals surface area contributed by atoms with E-state index in [9.17, 15) is 0 Å². The Kier molecular flexibility index (Phi) is 4.05. The lowest BCUT2D eigenvalue weighted by Crippen LogP contribution is -1.94. The third kappa shape index (κ3) is 2.80. The van der Waals surface area contributed by atoms with Crippen LogP contribution in [0.4, 0.5) is 0 Å². The Hall–Kier alpha value is -0.600. The highest BCUT2D eigenvalue weighted by Crippen LogP contribution is 2.17. The van der Waals surface area contributed by atoms with E-state index in [1.807, 2.05) is 18.2 Å². The number of hydrogen-bond acceptors (Lipinski definition) is 1. The van der Waals surface area contributed by atoms with Crippen LogP contribution in [0.1, 0.15) is 12.0 Å². The van der Waals surface area contributed by atoms with Crippen LogP contribution in [0.25, 0.3) is 6.08 Å². The predicted molar refractivity (Wildman–Crippen MR) is 56.8 cm³/mol. The SMILES string of the molecule is NCC/C=C/c1ccccc1Br. The van der Waals surface area contributed by atoms with Crippen molar-refractivity contribution < 1.29 is 0 Å². The van der Waals surface area contributed by atoms with Crippen LogP contribution < -0.4 is 5.73 Å². The van der Waals surface area contributed by atoms with Crippen molar-refractivity contribution in [3.8, 4) is 0 Å². The van der Waals surface area contributed by atoms with Crippen LogP contribution in [-0.2, 0) is 0 Å². The highest BCUT2D eigenvalue weighted by atomic mass is 79.9. The molecule has 1 nitrogen and oxygen atoms in total. The molecule has 0 unspecified atom stereocenters. The van der Waals surface area contributed by atoms with Crippen molar-refractivity contribution in [1.29, 1.82) is 0 Å². The van der Waals surface area contributed by atoms with Crippen molar-refractivity contribution in [2.24, 2.45) is 5.73 Å².